The van der Waals surface area contributed by atoms with Crippen LogP contribution in [0.15, 0.2) is 53.0 Å². The standard InChI is InChI=1S/C16H16INO2/c1-12(13-5-3-2-4-6-13)11-18-16(19)10-8-14-7-9-15(17)20-14/h2-10,12H,11H2,1H3,(H,18,19)/b10-8+. The zero-order valence-electron chi connectivity index (χ0n) is 11.2. The molecule has 1 aromatic heterocycles. The summed E-state index contributed by atoms with van der Waals surface area (Å²) in [4.78, 5) is 11.7. The average molecular weight is 381 g/mol. The summed E-state index contributed by atoms with van der Waals surface area (Å²) in [5, 5.41) is 2.89. The van der Waals surface area contributed by atoms with Crippen LogP contribution in [-0.2, 0) is 4.79 Å². The van der Waals surface area contributed by atoms with Crippen molar-refractivity contribution in [2.24, 2.45) is 0 Å². The maximum atomic E-state index is 11.7. The van der Waals surface area contributed by atoms with Crippen LogP contribution in [0.1, 0.15) is 24.2 Å². The number of rotatable bonds is 5. The number of hydrogen-bond donors (Lipinski definition) is 1. The summed E-state index contributed by atoms with van der Waals surface area (Å²) in [5.41, 5.74) is 1.22. The van der Waals surface area contributed by atoms with Gasteiger partial charge in [-0.25, -0.2) is 0 Å². The second kappa shape index (κ2) is 7.28. The van der Waals surface area contributed by atoms with E-state index in [1.165, 1.54) is 11.6 Å². The Morgan fingerprint density at radius 3 is 2.70 bits per heavy atom. The second-order valence-corrected chi connectivity index (χ2v) is 5.60. The Balaban J connectivity index is 1.82. The van der Waals surface area contributed by atoms with E-state index in [-0.39, 0.29) is 11.8 Å². The van der Waals surface area contributed by atoms with Crippen LogP contribution >= 0.6 is 22.6 Å². The van der Waals surface area contributed by atoms with E-state index in [0.717, 1.165) is 3.77 Å². The van der Waals surface area contributed by atoms with Crippen molar-refractivity contribution in [3.63, 3.8) is 0 Å². The summed E-state index contributed by atoms with van der Waals surface area (Å²) in [5.74, 6) is 0.859. The summed E-state index contributed by atoms with van der Waals surface area (Å²) in [6.07, 6.45) is 3.16. The summed E-state index contributed by atoms with van der Waals surface area (Å²) >= 11 is 2.09. The van der Waals surface area contributed by atoms with Crippen LogP contribution in [0.25, 0.3) is 6.08 Å². The number of benzene rings is 1. The molecule has 0 bridgehead atoms. The molecule has 2 aromatic rings. The van der Waals surface area contributed by atoms with E-state index in [0.29, 0.717) is 12.3 Å². The van der Waals surface area contributed by atoms with Crippen molar-refractivity contribution in [3.05, 3.63) is 63.6 Å². The van der Waals surface area contributed by atoms with Crippen molar-refractivity contribution in [1.29, 1.82) is 0 Å². The molecule has 1 atom stereocenters. The van der Waals surface area contributed by atoms with Gasteiger partial charge in [0.05, 0.1) is 0 Å². The SMILES string of the molecule is CC(CNC(=O)/C=C/c1ccc(I)o1)c1ccccc1. The van der Waals surface area contributed by atoms with Crippen LogP contribution in [-0.4, -0.2) is 12.5 Å². The molecule has 2 rings (SSSR count). The molecule has 3 nitrogen and oxygen atoms in total. The van der Waals surface area contributed by atoms with E-state index in [9.17, 15) is 4.79 Å². The molecule has 0 saturated heterocycles. The number of amides is 1. The molecule has 1 N–H and O–H groups in total. The molecule has 20 heavy (non-hydrogen) atoms. The minimum atomic E-state index is -0.112. The predicted octanol–water partition coefficient (Wildman–Crippen LogP) is 3.82. The zero-order valence-corrected chi connectivity index (χ0v) is 13.3. The van der Waals surface area contributed by atoms with E-state index in [2.05, 4.69) is 47.0 Å². The number of carbonyl (C=O) groups is 1. The van der Waals surface area contributed by atoms with Gasteiger partial charge < -0.3 is 9.73 Å². The normalized spacial score (nSPS) is 12.5. The topological polar surface area (TPSA) is 42.2 Å². The number of halogens is 1. The third-order valence-electron chi connectivity index (χ3n) is 2.94. The van der Waals surface area contributed by atoms with Crippen molar-refractivity contribution in [2.75, 3.05) is 6.54 Å². The first-order valence-corrected chi connectivity index (χ1v) is 7.49. The van der Waals surface area contributed by atoms with Gasteiger partial charge >= 0.3 is 0 Å². The van der Waals surface area contributed by atoms with Crippen molar-refractivity contribution < 1.29 is 9.21 Å². The van der Waals surface area contributed by atoms with Gasteiger partial charge in [0.1, 0.15) is 5.76 Å². The molecule has 0 aliphatic rings. The van der Waals surface area contributed by atoms with Crippen molar-refractivity contribution >= 4 is 34.6 Å². The molecule has 0 spiro atoms. The van der Waals surface area contributed by atoms with Gasteiger partial charge in [0.25, 0.3) is 0 Å². The van der Waals surface area contributed by atoms with E-state index < -0.39 is 0 Å². The fourth-order valence-electron chi connectivity index (χ4n) is 1.79. The number of hydrogen-bond acceptors (Lipinski definition) is 2. The van der Waals surface area contributed by atoms with Crippen LogP contribution < -0.4 is 5.32 Å². The molecule has 0 aliphatic heterocycles. The Bertz CT molecular complexity index is 590. The van der Waals surface area contributed by atoms with Crippen molar-refractivity contribution in [2.45, 2.75) is 12.8 Å². The highest BCUT2D eigenvalue weighted by Gasteiger charge is 2.05. The smallest absolute Gasteiger partial charge is 0.244 e. The van der Waals surface area contributed by atoms with E-state index in [1.54, 1.807) is 6.08 Å². The molecule has 1 heterocycles. The predicted molar refractivity (Wildman–Crippen MR) is 88.3 cm³/mol. The lowest BCUT2D eigenvalue weighted by Gasteiger charge is -2.11. The molecule has 1 aromatic carbocycles. The molecule has 0 radical (unpaired) electrons. The Labute approximate surface area is 132 Å². The van der Waals surface area contributed by atoms with Crippen LogP contribution in [0.2, 0.25) is 0 Å². The maximum Gasteiger partial charge on any atom is 0.244 e. The average Bonchev–Trinajstić information content (AvgIpc) is 2.89. The van der Waals surface area contributed by atoms with Gasteiger partial charge in [0, 0.05) is 12.6 Å². The first-order chi connectivity index (χ1) is 9.65. The van der Waals surface area contributed by atoms with Crippen LogP contribution in [0.3, 0.4) is 0 Å². The third-order valence-corrected chi connectivity index (χ3v) is 3.52. The number of carbonyl (C=O) groups excluding carboxylic acids is 1. The molecule has 0 fully saturated rings. The molecule has 1 unspecified atom stereocenters. The lowest BCUT2D eigenvalue weighted by molar-refractivity contribution is -0.116. The zero-order chi connectivity index (χ0) is 14.4. The van der Waals surface area contributed by atoms with E-state index >= 15 is 0 Å². The molecule has 104 valence electrons. The van der Waals surface area contributed by atoms with Gasteiger partial charge in [-0.2, -0.15) is 0 Å². The number of nitrogens with one attached hydrogen (secondary N) is 1. The highest BCUT2D eigenvalue weighted by atomic mass is 127. The Kier molecular flexibility index (Phi) is 5.40. The Morgan fingerprint density at radius 1 is 1.30 bits per heavy atom. The molecule has 4 heteroatoms. The summed E-state index contributed by atoms with van der Waals surface area (Å²) in [7, 11) is 0. The summed E-state index contributed by atoms with van der Waals surface area (Å²) < 4.78 is 6.15. The highest BCUT2D eigenvalue weighted by molar-refractivity contribution is 14.1. The van der Waals surface area contributed by atoms with Crippen LogP contribution in [0, 0.1) is 3.77 Å². The van der Waals surface area contributed by atoms with Crippen molar-refractivity contribution in [3.8, 4) is 0 Å². The summed E-state index contributed by atoms with van der Waals surface area (Å²) in [6, 6.07) is 13.8. The Hall–Kier alpha value is -1.56. The fraction of sp³-hybridized carbons (Fsp3) is 0.188. The number of furan rings is 1. The van der Waals surface area contributed by atoms with Crippen molar-refractivity contribution in [1.82, 2.24) is 5.32 Å². The fourth-order valence-corrected chi connectivity index (χ4v) is 2.22. The van der Waals surface area contributed by atoms with Crippen LogP contribution in [0.4, 0.5) is 0 Å². The molecule has 0 aliphatic carbocycles. The quantitative estimate of drug-likeness (QED) is 0.632. The van der Waals surface area contributed by atoms with Gasteiger partial charge in [-0.3, -0.25) is 4.79 Å². The third kappa shape index (κ3) is 4.52. The molecular formula is C16H16INO2. The molecule has 0 saturated carbocycles. The summed E-state index contributed by atoms with van der Waals surface area (Å²) in [6.45, 7) is 2.71. The maximum absolute atomic E-state index is 11.7. The Morgan fingerprint density at radius 2 is 2.05 bits per heavy atom. The molecule has 1 amide bonds. The van der Waals surface area contributed by atoms with Gasteiger partial charge in [-0.15, -0.1) is 0 Å². The van der Waals surface area contributed by atoms with Gasteiger partial charge in [0.15, 0.2) is 3.77 Å². The monoisotopic (exact) mass is 381 g/mol. The van der Waals surface area contributed by atoms with Gasteiger partial charge in [0.2, 0.25) is 5.91 Å². The van der Waals surface area contributed by atoms with Gasteiger partial charge in [-0.05, 0) is 52.3 Å². The van der Waals surface area contributed by atoms with E-state index in [4.69, 9.17) is 4.42 Å². The first kappa shape index (κ1) is 14.8. The minimum Gasteiger partial charge on any atom is -0.451 e. The lowest BCUT2D eigenvalue weighted by atomic mass is 10.0. The van der Waals surface area contributed by atoms with Crippen LogP contribution in [0.5, 0.6) is 0 Å². The van der Waals surface area contributed by atoms with Gasteiger partial charge in [-0.1, -0.05) is 37.3 Å². The van der Waals surface area contributed by atoms with E-state index in [1.807, 2.05) is 30.3 Å². The minimum absolute atomic E-state index is 0.112. The highest BCUT2D eigenvalue weighted by Crippen LogP contribution is 2.13. The second-order valence-electron chi connectivity index (χ2n) is 4.53. The lowest BCUT2D eigenvalue weighted by Crippen LogP contribution is -2.25. The molecular weight excluding hydrogens is 365 g/mol. The largest absolute Gasteiger partial charge is 0.451 e. The first-order valence-electron chi connectivity index (χ1n) is 6.41.